The topological polar surface area (TPSA) is 42.7 Å². The molecule has 1 aliphatic rings. The van der Waals surface area contributed by atoms with Gasteiger partial charge in [0, 0.05) is 24.4 Å². The first-order chi connectivity index (χ1) is 11.3. The van der Waals surface area contributed by atoms with Gasteiger partial charge < -0.3 is 14.1 Å². The summed E-state index contributed by atoms with van der Waals surface area (Å²) in [6.07, 6.45) is 3.03. The van der Waals surface area contributed by atoms with Crippen LogP contribution in [0.15, 0.2) is 47.1 Å². The Labute approximate surface area is 140 Å². The second kappa shape index (κ2) is 7.59. The molecule has 1 saturated heterocycles. The van der Waals surface area contributed by atoms with Gasteiger partial charge in [-0.15, -0.1) is 11.8 Å². The van der Waals surface area contributed by atoms with E-state index >= 15 is 0 Å². The van der Waals surface area contributed by atoms with Crippen molar-refractivity contribution in [2.75, 3.05) is 26.0 Å². The molecule has 1 aromatic heterocycles. The van der Waals surface area contributed by atoms with Gasteiger partial charge in [-0.2, -0.15) is 0 Å². The number of methoxy groups -OCH3 is 1. The smallest absolute Gasteiger partial charge is 0.227 e. The van der Waals surface area contributed by atoms with E-state index in [1.807, 2.05) is 53.1 Å². The van der Waals surface area contributed by atoms with Crippen molar-refractivity contribution in [3.8, 4) is 5.75 Å². The Bertz CT molecular complexity index is 641. The number of ether oxygens (including phenoxy) is 1. The lowest BCUT2D eigenvalue weighted by atomic mass is 10.1. The molecule has 23 heavy (non-hydrogen) atoms. The van der Waals surface area contributed by atoms with E-state index in [2.05, 4.69) is 0 Å². The molecule has 4 nitrogen and oxygen atoms in total. The molecule has 0 radical (unpaired) electrons. The summed E-state index contributed by atoms with van der Waals surface area (Å²) in [6, 6.07) is 11.7. The van der Waals surface area contributed by atoms with Crippen molar-refractivity contribution >= 4 is 17.7 Å². The number of rotatable bonds is 4. The molecular formula is C18H21NO3S. The summed E-state index contributed by atoms with van der Waals surface area (Å²) in [5.41, 5.74) is 0.944. The van der Waals surface area contributed by atoms with E-state index in [-0.39, 0.29) is 5.91 Å². The Morgan fingerprint density at radius 1 is 1.30 bits per heavy atom. The number of furan rings is 1. The molecule has 1 aromatic carbocycles. The predicted molar refractivity (Wildman–Crippen MR) is 91.8 cm³/mol. The predicted octanol–water partition coefficient (Wildman–Crippen LogP) is 3.54. The normalized spacial score (nSPS) is 18.5. The Balaban J connectivity index is 1.62. The van der Waals surface area contributed by atoms with Crippen LogP contribution in [0.3, 0.4) is 0 Å². The maximum absolute atomic E-state index is 12.6. The van der Waals surface area contributed by atoms with Crippen LogP contribution in [0.4, 0.5) is 0 Å². The zero-order valence-electron chi connectivity index (χ0n) is 13.2. The van der Waals surface area contributed by atoms with E-state index in [0.29, 0.717) is 11.7 Å². The summed E-state index contributed by atoms with van der Waals surface area (Å²) in [6.45, 7) is 1.56. The standard InChI is InChI=1S/C18H21NO3S/c1-21-15-6-3-2-5-14(15)13-18(20)19-9-8-17(23-12-10-19)16-7-4-11-22-16/h2-7,11,17H,8-10,12-13H2,1H3/t17-/m0/s1. The van der Waals surface area contributed by atoms with Crippen LogP contribution in [-0.2, 0) is 11.2 Å². The fourth-order valence-corrected chi connectivity index (χ4v) is 4.03. The lowest BCUT2D eigenvalue weighted by Crippen LogP contribution is -2.34. The summed E-state index contributed by atoms with van der Waals surface area (Å²) < 4.78 is 10.8. The number of carbonyl (C=O) groups is 1. The van der Waals surface area contributed by atoms with Crippen molar-refractivity contribution in [1.29, 1.82) is 0 Å². The zero-order valence-corrected chi connectivity index (χ0v) is 14.1. The number of hydrogen-bond acceptors (Lipinski definition) is 4. The molecule has 0 unspecified atom stereocenters. The molecule has 0 spiro atoms. The minimum absolute atomic E-state index is 0.162. The second-order valence-corrected chi connectivity index (χ2v) is 6.84. The second-order valence-electron chi connectivity index (χ2n) is 5.53. The number of para-hydroxylation sites is 1. The molecule has 0 aliphatic carbocycles. The maximum atomic E-state index is 12.6. The third-order valence-electron chi connectivity index (χ3n) is 4.09. The highest BCUT2D eigenvalue weighted by molar-refractivity contribution is 7.99. The molecule has 0 N–H and O–H groups in total. The lowest BCUT2D eigenvalue weighted by molar-refractivity contribution is -0.130. The van der Waals surface area contributed by atoms with E-state index < -0.39 is 0 Å². The summed E-state index contributed by atoms with van der Waals surface area (Å²) in [5, 5.41) is 0.342. The molecule has 1 amide bonds. The van der Waals surface area contributed by atoms with Gasteiger partial charge in [0.05, 0.1) is 25.0 Å². The van der Waals surface area contributed by atoms with Crippen molar-refractivity contribution in [2.45, 2.75) is 18.1 Å². The van der Waals surface area contributed by atoms with E-state index in [1.54, 1.807) is 13.4 Å². The number of hydrogen-bond donors (Lipinski definition) is 0. The van der Waals surface area contributed by atoms with Crippen molar-refractivity contribution in [3.05, 3.63) is 54.0 Å². The van der Waals surface area contributed by atoms with E-state index in [0.717, 1.165) is 42.3 Å². The summed E-state index contributed by atoms with van der Waals surface area (Å²) in [4.78, 5) is 14.6. The first-order valence-corrected chi connectivity index (χ1v) is 8.87. The molecule has 3 rings (SSSR count). The Morgan fingerprint density at radius 3 is 2.96 bits per heavy atom. The van der Waals surface area contributed by atoms with Gasteiger partial charge in [0.2, 0.25) is 5.91 Å². The van der Waals surface area contributed by atoms with Crippen LogP contribution in [0.25, 0.3) is 0 Å². The van der Waals surface area contributed by atoms with Crippen LogP contribution < -0.4 is 4.74 Å². The van der Waals surface area contributed by atoms with E-state index in [9.17, 15) is 4.79 Å². The fourth-order valence-electron chi connectivity index (χ4n) is 2.85. The molecule has 0 saturated carbocycles. The van der Waals surface area contributed by atoms with Gasteiger partial charge in [-0.25, -0.2) is 0 Å². The Morgan fingerprint density at radius 2 is 2.17 bits per heavy atom. The van der Waals surface area contributed by atoms with Gasteiger partial charge in [-0.05, 0) is 24.6 Å². The molecule has 1 fully saturated rings. The van der Waals surface area contributed by atoms with Gasteiger partial charge in [0.15, 0.2) is 0 Å². The molecule has 1 aliphatic heterocycles. The third-order valence-corrected chi connectivity index (χ3v) is 5.38. The largest absolute Gasteiger partial charge is 0.496 e. The SMILES string of the molecule is COc1ccccc1CC(=O)N1CCS[C@H](c2ccco2)CC1. The average molecular weight is 331 g/mol. The highest BCUT2D eigenvalue weighted by Gasteiger charge is 2.24. The van der Waals surface area contributed by atoms with Gasteiger partial charge in [0.25, 0.3) is 0 Å². The maximum Gasteiger partial charge on any atom is 0.227 e. The number of nitrogens with zero attached hydrogens (tertiary/aromatic N) is 1. The van der Waals surface area contributed by atoms with E-state index in [1.165, 1.54) is 0 Å². The number of benzene rings is 1. The van der Waals surface area contributed by atoms with Crippen molar-refractivity contribution in [2.24, 2.45) is 0 Å². The van der Waals surface area contributed by atoms with Crippen LogP contribution in [0.1, 0.15) is 23.0 Å². The van der Waals surface area contributed by atoms with Crippen molar-refractivity contribution < 1.29 is 13.9 Å². The highest BCUT2D eigenvalue weighted by Crippen LogP contribution is 2.34. The number of amides is 1. The summed E-state index contributed by atoms with van der Waals surface area (Å²) in [5.74, 6) is 2.88. The minimum Gasteiger partial charge on any atom is -0.496 e. The van der Waals surface area contributed by atoms with Crippen LogP contribution in [-0.4, -0.2) is 36.8 Å². The summed E-state index contributed by atoms with van der Waals surface area (Å²) in [7, 11) is 1.64. The molecular weight excluding hydrogens is 310 g/mol. The monoisotopic (exact) mass is 331 g/mol. The van der Waals surface area contributed by atoms with Crippen LogP contribution in [0, 0.1) is 0 Å². The van der Waals surface area contributed by atoms with Crippen molar-refractivity contribution in [3.63, 3.8) is 0 Å². The van der Waals surface area contributed by atoms with Gasteiger partial charge in [-0.3, -0.25) is 4.79 Å². The lowest BCUT2D eigenvalue weighted by Gasteiger charge is -2.20. The molecule has 5 heteroatoms. The first kappa shape index (κ1) is 16.0. The first-order valence-electron chi connectivity index (χ1n) is 7.82. The van der Waals surface area contributed by atoms with Crippen LogP contribution in [0.5, 0.6) is 5.75 Å². The molecule has 2 aromatic rings. The van der Waals surface area contributed by atoms with Crippen LogP contribution in [0.2, 0.25) is 0 Å². The van der Waals surface area contributed by atoms with Crippen LogP contribution >= 0.6 is 11.8 Å². The fraction of sp³-hybridized carbons (Fsp3) is 0.389. The average Bonchev–Trinajstić information content (AvgIpc) is 3.00. The third kappa shape index (κ3) is 3.91. The zero-order chi connectivity index (χ0) is 16.1. The van der Waals surface area contributed by atoms with Gasteiger partial charge in [0.1, 0.15) is 11.5 Å². The van der Waals surface area contributed by atoms with Gasteiger partial charge in [-0.1, -0.05) is 18.2 Å². The Hall–Kier alpha value is -1.88. The summed E-state index contributed by atoms with van der Waals surface area (Å²) >= 11 is 1.86. The van der Waals surface area contributed by atoms with Gasteiger partial charge >= 0.3 is 0 Å². The molecule has 2 heterocycles. The molecule has 122 valence electrons. The van der Waals surface area contributed by atoms with E-state index in [4.69, 9.17) is 9.15 Å². The molecule has 0 bridgehead atoms. The van der Waals surface area contributed by atoms with Crippen molar-refractivity contribution in [1.82, 2.24) is 4.90 Å². The molecule has 1 atom stereocenters. The minimum atomic E-state index is 0.162. The Kier molecular flexibility index (Phi) is 5.28. The quantitative estimate of drug-likeness (QED) is 0.859. The highest BCUT2D eigenvalue weighted by atomic mass is 32.2. The number of thioether (sulfide) groups is 1. The number of carbonyl (C=O) groups excluding carboxylic acids is 1.